The van der Waals surface area contributed by atoms with E-state index < -0.39 is 17.5 Å². The highest BCUT2D eigenvalue weighted by Gasteiger charge is 2.32. The van der Waals surface area contributed by atoms with Crippen LogP contribution in [0.1, 0.15) is 52.9 Å². The second-order valence-corrected chi connectivity index (χ2v) is 9.59. The number of nitrogens with one attached hydrogen (secondary N) is 1. The number of carbonyl (C=O) groups excluding carboxylic acids is 1. The van der Waals surface area contributed by atoms with Crippen molar-refractivity contribution in [1.82, 2.24) is 15.1 Å². The number of unbranched alkanes of at least 4 members (excludes halogenated alkanes) is 1. The van der Waals surface area contributed by atoms with Gasteiger partial charge in [0.25, 0.3) is 5.91 Å². The molecular weight excluding hydrogens is 436 g/mol. The van der Waals surface area contributed by atoms with Gasteiger partial charge in [-0.25, -0.2) is 8.78 Å². The minimum atomic E-state index is -0.713. The van der Waals surface area contributed by atoms with Crippen LogP contribution < -0.4 is 10.1 Å². The summed E-state index contributed by atoms with van der Waals surface area (Å²) in [5.41, 5.74) is 3.45. The number of benzene rings is 2. The number of rotatable bonds is 11. The highest BCUT2D eigenvalue weighted by molar-refractivity contribution is 5.94. The molecule has 0 bridgehead atoms. The number of likely N-dealkylation sites (tertiary alicyclic amines) is 1. The first-order valence-corrected chi connectivity index (χ1v) is 12.0. The van der Waals surface area contributed by atoms with E-state index in [4.69, 9.17) is 4.74 Å². The summed E-state index contributed by atoms with van der Waals surface area (Å²) >= 11 is 0. The molecule has 0 aromatic heterocycles. The van der Waals surface area contributed by atoms with Gasteiger partial charge < -0.3 is 15.0 Å². The molecule has 0 saturated carbocycles. The summed E-state index contributed by atoms with van der Waals surface area (Å²) < 4.78 is 33.1. The van der Waals surface area contributed by atoms with E-state index in [9.17, 15) is 13.6 Å². The van der Waals surface area contributed by atoms with Gasteiger partial charge in [-0.2, -0.15) is 0 Å². The van der Waals surface area contributed by atoms with Crippen LogP contribution in [0.4, 0.5) is 8.78 Å². The summed E-state index contributed by atoms with van der Waals surface area (Å²) in [4.78, 5) is 16.8. The fourth-order valence-corrected chi connectivity index (χ4v) is 4.39. The molecule has 0 spiro atoms. The molecule has 2 aromatic carbocycles. The molecule has 3 rings (SSSR count). The molecule has 1 N–H and O–H groups in total. The van der Waals surface area contributed by atoms with Gasteiger partial charge in [0.2, 0.25) is 0 Å². The Hall–Kier alpha value is -2.51. The predicted octanol–water partition coefficient (Wildman–Crippen LogP) is 4.73. The van der Waals surface area contributed by atoms with E-state index in [0.717, 1.165) is 63.0 Å². The van der Waals surface area contributed by atoms with Gasteiger partial charge in [0.1, 0.15) is 17.4 Å². The van der Waals surface area contributed by atoms with Gasteiger partial charge in [-0.05, 0) is 95.2 Å². The monoisotopic (exact) mass is 473 g/mol. The molecule has 34 heavy (non-hydrogen) atoms. The molecule has 5 nitrogen and oxygen atoms in total. The summed E-state index contributed by atoms with van der Waals surface area (Å²) in [5, 5.41) is 2.74. The average Bonchev–Trinajstić information content (AvgIpc) is 2.76. The lowest BCUT2D eigenvalue weighted by atomic mass is 9.91. The maximum atomic E-state index is 13.8. The SMILES string of the molecule is Cc1c(OCCCCN(C)C)ccc(C(C)N2CC(CNC(=O)c3cc(F)ccc3F)C2)c1C. The summed E-state index contributed by atoms with van der Waals surface area (Å²) in [6, 6.07) is 7.40. The molecular formula is C27H37F2N3O2. The molecule has 1 saturated heterocycles. The molecule has 1 amide bonds. The fourth-order valence-electron chi connectivity index (χ4n) is 4.39. The summed E-state index contributed by atoms with van der Waals surface area (Å²) in [6.45, 7) is 10.4. The lowest BCUT2D eigenvalue weighted by Gasteiger charge is -2.44. The van der Waals surface area contributed by atoms with E-state index in [2.05, 4.69) is 62.1 Å². The first-order valence-electron chi connectivity index (χ1n) is 12.0. The molecule has 0 aliphatic carbocycles. The van der Waals surface area contributed by atoms with Gasteiger partial charge in [0, 0.05) is 31.6 Å². The number of carbonyl (C=O) groups is 1. The molecule has 2 aromatic rings. The summed E-state index contributed by atoms with van der Waals surface area (Å²) in [6.07, 6.45) is 2.15. The Bertz CT molecular complexity index is 990. The molecule has 186 valence electrons. The molecule has 1 aliphatic rings. The Balaban J connectivity index is 1.47. The zero-order valence-electron chi connectivity index (χ0n) is 21.0. The van der Waals surface area contributed by atoms with Crippen LogP contribution in [0.3, 0.4) is 0 Å². The van der Waals surface area contributed by atoms with Crippen LogP contribution in [0, 0.1) is 31.4 Å². The van der Waals surface area contributed by atoms with Gasteiger partial charge >= 0.3 is 0 Å². The lowest BCUT2D eigenvalue weighted by Crippen LogP contribution is -2.52. The van der Waals surface area contributed by atoms with E-state index >= 15 is 0 Å². The van der Waals surface area contributed by atoms with Crippen LogP contribution in [-0.4, -0.2) is 62.6 Å². The van der Waals surface area contributed by atoms with Crippen LogP contribution in [0.2, 0.25) is 0 Å². The van der Waals surface area contributed by atoms with E-state index in [1.54, 1.807) is 0 Å². The smallest absolute Gasteiger partial charge is 0.254 e. The highest BCUT2D eigenvalue weighted by Crippen LogP contribution is 2.34. The number of halogens is 2. The van der Waals surface area contributed by atoms with E-state index in [0.29, 0.717) is 6.54 Å². The quantitative estimate of drug-likeness (QED) is 0.480. The summed E-state index contributed by atoms with van der Waals surface area (Å²) in [7, 11) is 4.16. The Morgan fingerprint density at radius 3 is 2.59 bits per heavy atom. The largest absolute Gasteiger partial charge is 0.493 e. The van der Waals surface area contributed by atoms with Gasteiger partial charge in [-0.1, -0.05) is 6.07 Å². The number of ether oxygens (including phenoxy) is 1. The third-order valence-electron chi connectivity index (χ3n) is 6.74. The maximum absolute atomic E-state index is 13.8. The third-order valence-corrected chi connectivity index (χ3v) is 6.74. The van der Waals surface area contributed by atoms with Crippen LogP contribution in [-0.2, 0) is 0 Å². The van der Waals surface area contributed by atoms with Crippen molar-refractivity contribution < 1.29 is 18.3 Å². The van der Waals surface area contributed by atoms with Crippen molar-refractivity contribution in [1.29, 1.82) is 0 Å². The van der Waals surface area contributed by atoms with E-state index in [1.165, 1.54) is 16.7 Å². The lowest BCUT2D eigenvalue weighted by molar-refractivity contribution is 0.0568. The number of hydrogen-bond acceptors (Lipinski definition) is 4. The van der Waals surface area contributed by atoms with Gasteiger partial charge in [-0.15, -0.1) is 0 Å². The van der Waals surface area contributed by atoms with E-state index in [1.807, 2.05) is 0 Å². The van der Waals surface area contributed by atoms with Crippen LogP contribution >= 0.6 is 0 Å². The molecule has 0 radical (unpaired) electrons. The number of amides is 1. The Kier molecular flexibility index (Phi) is 9.03. The first-order chi connectivity index (χ1) is 16.2. The molecule has 7 heteroatoms. The van der Waals surface area contributed by atoms with Crippen LogP contribution in [0.15, 0.2) is 30.3 Å². The van der Waals surface area contributed by atoms with Crippen molar-refractivity contribution in [3.8, 4) is 5.75 Å². The Morgan fingerprint density at radius 2 is 1.88 bits per heavy atom. The van der Waals surface area contributed by atoms with Crippen molar-refractivity contribution in [2.75, 3.05) is 46.9 Å². The maximum Gasteiger partial charge on any atom is 0.254 e. The third kappa shape index (κ3) is 6.54. The zero-order chi connectivity index (χ0) is 24.8. The molecule has 1 fully saturated rings. The predicted molar refractivity (Wildman–Crippen MR) is 131 cm³/mol. The molecule has 1 atom stereocenters. The van der Waals surface area contributed by atoms with Gasteiger partial charge in [0.05, 0.1) is 12.2 Å². The fraction of sp³-hybridized carbons (Fsp3) is 0.519. The highest BCUT2D eigenvalue weighted by atomic mass is 19.1. The topological polar surface area (TPSA) is 44.8 Å². The van der Waals surface area contributed by atoms with Gasteiger partial charge in [-0.3, -0.25) is 9.69 Å². The van der Waals surface area contributed by atoms with Gasteiger partial charge in [0.15, 0.2) is 0 Å². The second kappa shape index (κ2) is 11.8. The Labute approximate surface area is 202 Å². The van der Waals surface area contributed by atoms with Crippen LogP contribution in [0.5, 0.6) is 5.75 Å². The zero-order valence-corrected chi connectivity index (χ0v) is 21.0. The first kappa shape index (κ1) is 26.1. The summed E-state index contributed by atoms with van der Waals surface area (Å²) in [5.74, 6) is -0.676. The molecule has 1 heterocycles. The van der Waals surface area contributed by atoms with Crippen molar-refractivity contribution in [3.63, 3.8) is 0 Å². The Morgan fingerprint density at radius 1 is 1.15 bits per heavy atom. The number of hydrogen-bond donors (Lipinski definition) is 1. The molecule has 1 unspecified atom stereocenters. The van der Waals surface area contributed by atoms with Crippen molar-refractivity contribution >= 4 is 5.91 Å². The normalized spacial score (nSPS) is 15.3. The number of nitrogens with zero attached hydrogens (tertiary/aromatic N) is 2. The standard InChI is InChI=1S/C27H37F2N3O2/c1-18-19(2)26(34-13-7-6-12-31(4)5)11-9-23(18)20(3)32-16-21(17-32)15-30-27(33)24-14-22(28)8-10-25(24)29/h8-11,14,20-21H,6-7,12-13,15-17H2,1-5H3,(H,30,33). The molecule has 1 aliphatic heterocycles. The minimum Gasteiger partial charge on any atom is -0.493 e. The van der Waals surface area contributed by atoms with Crippen molar-refractivity contribution in [2.24, 2.45) is 5.92 Å². The van der Waals surface area contributed by atoms with Crippen LogP contribution in [0.25, 0.3) is 0 Å². The minimum absolute atomic E-state index is 0.250. The van der Waals surface area contributed by atoms with Crippen molar-refractivity contribution in [3.05, 3.63) is 64.2 Å². The van der Waals surface area contributed by atoms with Crippen molar-refractivity contribution in [2.45, 2.75) is 39.7 Å². The second-order valence-electron chi connectivity index (χ2n) is 9.59. The van der Waals surface area contributed by atoms with E-state index in [-0.39, 0.29) is 17.5 Å². The average molecular weight is 474 g/mol.